The molecule has 0 atom stereocenters. The van der Waals surface area contributed by atoms with Gasteiger partial charge in [0.2, 0.25) is 0 Å². The standard InChI is InChI=1S/C22H31N3O5/c1-14(2)23-21(28)24-18-6-5-17-13-25(10-9-16(17)12-18)22(29)30-19-7-3-15(4-8-19)11-20(26)27/h5-6,12,14-15,19H,3-4,7-11,13H2,1-2H3,(H,26,27)(H2,23,24,28). The smallest absolute Gasteiger partial charge is 0.410 e. The van der Waals surface area contributed by atoms with Crippen LogP contribution in [-0.4, -0.2) is 46.8 Å². The van der Waals surface area contributed by atoms with E-state index in [2.05, 4.69) is 10.6 Å². The van der Waals surface area contributed by atoms with Gasteiger partial charge in [-0.15, -0.1) is 0 Å². The van der Waals surface area contributed by atoms with Crippen molar-refractivity contribution in [1.82, 2.24) is 10.2 Å². The summed E-state index contributed by atoms with van der Waals surface area (Å²) >= 11 is 0. The minimum atomic E-state index is -0.763. The molecule has 3 N–H and O–H groups in total. The molecule has 0 radical (unpaired) electrons. The first-order valence-corrected chi connectivity index (χ1v) is 10.7. The van der Waals surface area contributed by atoms with Gasteiger partial charge in [-0.2, -0.15) is 0 Å². The Kier molecular flexibility index (Phi) is 7.18. The fourth-order valence-corrected chi connectivity index (χ4v) is 4.13. The van der Waals surface area contributed by atoms with Crippen molar-refractivity contribution in [2.45, 2.75) is 71.1 Å². The Morgan fingerprint density at radius 1 is 1.17 bits per heavy atom. The summed E-state index contributed by atoms with van der Waals surface area (Å²) in [6, 6.07) is 5.58. The number of fused-ring (bicyclic) bond motifs is 1. The summed E-state index contributed by atoms with van der Waals surface area (Å²) in [5.41, 5.74) is 2.91. The number of carbonyl (C=O) groups is 3. The van der Waals surface area contributed by atoms with Crippen LogP contribution >= 0.6 is 0 Å². The number of benzene rings is 1. The number of carboxylic acids is 1. The van der Waals surface area contributed by atoms with Gasteiger partial charge < -0.3 is 25.4 Å². The lowest BCUT2D eigenvalue weighted by Gasteiger charge is -2.32. The molecule has 1 fully saturated rings. The molecule has 0 spiro atoms. The van der Waals surface area contributed by atoms with E-state index in [1.807, 2.05) is 32.0 Å². The number of nitrogens with zero attached hydrogens (tertiary/aromatic N) is 1. The Hall–Kier alpha value is -2.77. The summed E-state index contributed by atoms with van der Waals surface area (Å²) in [5, 5.41) is 14.5. The van der Waals surface area contributed by atoms with Gasteiger partial charge in [0.15, 0.2) is 0 Å². The first-order valence-electron chi connectivity index (χ1n) is 10.7. The molecule has 1 heterocycles. The van der Waals surface area contributed by atoms with Gasteiger partial charge in [-0.1, -0.05) is 6.07 Å². The lowest BCUT2D eigenvalue weighted by atomic mass is 9.85. The normalized spacial score (nSPS) is 21.0. The van der Waals surface area contributed by atoms with Gasteiger partial charge in [0, 0.05) is 31.2 Å². The topological polar surface area (TPSA) is 108 Å². The van der Waals surface area contributed by atoms with Gasteiger partial charge in [-0.25, -0.2) is 9.59 Å². The van der Waals surface area contributed by atoms with Gasteiger partial charge in [0.05, 0.1) is 0 Å². The number of amides is 3. The van der Waals surface area contributed by atoms with E-state index in [1.54, 1.807) is 4.90 Å². The molecule has 0 unspecified atom stereocenters. The molecule has 2 aliphatic rings. The molecule has 0 bridgehead atoms. The number of hydrogen-bond acceptors (Lipinski definition) is 4. The highest BCUT2D eigenvalue weighted by Gasteiger charge is 2.28. The molecule has 8 nitrogen and oxygen atoms in total. The van der Waals surface area contributed by atoms with Gasteiger partial charge in [0.1, 0.15) is 6.10 Å². The van der Waals surface area contributed by atoms with E-state index in [4.69, 9.17) is 9.84 Å². The van der Waals surface area contributed by atoms with Gasteiger partial charge in [-0.05, 0) is 75.1 Å². The fourth-order valence-electron chi connectivity index (χ4n) is 4.13. The maximum atomic E-state index is 12.6. The summed E-state index contributed by atoms with van der Waals surface area (Å²) in [4.78, 5) is 37.0. The lowest BCUT2D eigenvalue weighted by Crippen LogP contribution is -2.39. The second-order valence-electron chi connectivity index (χ2n) is 8.53. The first kappa shape index (κ1) is 21.9. The quantitative estimate of drug-likeness (QED) is 0.676. The molecular weight excluding hydrogens is 386 g/mol. The van der Waals surface area contributed by atoms with Crippen molar-refractivity contribution in [3.05, 3.63) is 29.3 Å². The van der Waals surface area contributed by atoms with Crippen molar-refractivity contribution < 1.29 is 24.2 Å². The van der Waals surface area contributed by atoms with Crippen LogP contribution in [-0.2, 0) is 22.5 Å². The van der Waals surface area contributed by atoms with Crippen LogP contribution in [0.4, 0.5) is 15.3 Å². The third kappa shape index (κ3) is 6.11. The average Bonchev–Trinajstić information content (AvgIpc) is 2.68. The van der Waals surface area contributed by atoms with Crippen LogP contribution in [0.25, 0.3) is 0 Å². The number of carbonyl (C=O) groups excluding carboxylic acids is 2. The molecule has 1 aliphatic carbocycles. The highest BCUT2D eigenvalue weighted by atomic mass is 16.6. The number of anilines is 1. The molecule has 1 aliphatic heterocycles. The van der Waals surface area contributed by atoms with Gasteiger partial charge in [-0.3, -0.25) is 4.79 Å². The molecule has 164 valence electrons. The van der Waals surface area contributed by atoms with Crippen LogP contribution < -0.4 is 10.6 Å². The predicted octanol–water partition coefficient (Wildman–Crippen LogP) is 3.74. The van der Waals surface area contributed by atoms with Crippen LogP contribution in [0.15, 0.2) is 18.2 Å². The fraction of sp³-hybridized carbons (Fsp3) is 0.591. The molecule has 0 saturated heterocycles. The molecule has 8 heteroatoms. The number of carboxylic acid groups (broad SMARTS) is 1. The van der Waals surface area contributed by atoms with Crippen molar-refractivity contribution in [3.8, 4) is 0 Å². The minimum Gasteiger partial charge on any atom is -0.481 e. The summed E-state index contributed by atoms with van der Waals surface area (Å²) in [6.45, 7) is 4.87. The summed E-state index contributed by atoms with van der Waals surface area (Å²) in [5.74, 6) is -0.578. The van der Waals surface area contributed by atoms with Crippen molar-refractivity contribution in [2.24, 2.45) is 5.92 Å². The summed E-state index contributed by atoms with van der Waals surface area (Å²) < 4.78 is 5.69. The molecular formula is C22H31N3O5. The number of hydrogen-bond donors (Lipinski definition) is 3. The third-order valence-electron chi connectivity index (χ3n) is 5.68. The van der Waals surface area contributed by atoms with Crippen LogP contribution in [0, 0.1) is 5.92 Å². The van der Waals surface area contributed by atoms with E-state index in [1.165, 1.54) is 0 Å². The van der Waals surface area contributed by atoms with E-state index >= 15 is 0 Å². The Morgan fingerprint density at radius 3 is 2.57 bits per heavy atom. The second kappa shape index (κ2) is 9.82. The number of nitrogens with one attached hydrogen (secondary N) is 2. The molecule has 3 amide bonds. The Balaban J connectivity index is 1.49. The van der Waals surface area contributed by atoms with Gasteiger partial charge in [0.25, 0.3) is 0 Å². The van der Waals surface area contributed by atoms with E-state index in [0.29, 0.717) is 19.5 Å². The summed E-state index contributed by atoms with van der Waals surface area (Å²) in [6.07, 6.45) is 3.48. The van der Waals surface area contributed by atoms with E-state index in [0.717, 1.165) is 42.5 Å². The molecule has 1 saturated carbocycles. The number of rotatable bonds is 5. The zero-order valence-electron chi connectivity index (χ0n) is 17.6. The van der Waals surface area contributed by atoms with Crippen LogP contribution in [0.2, 0.25) is 0 Å². The van der Waals surface area contributed by atoms with E-state index in [9.17, 15) is 14.4 Å². The van der Waals surface area contributed by atoms with Crippen molar-refractivity contribution >= 4 is 23.8 Å². The summed E-state index contributed by atoms with van der Waals surface area (Å²) in [7, 11) is 0. The van der Waals surface area contributed by atoms with Crippen LogP contribution in [0.1, 0.15) is 57.1 Å². The minimum absolute atomic E-state index is 0.0643. The maximum Gasteiger partial charge on any atom is 0.410 e. The zero-order valence-corrected chi connectivity index (χ0v) is 17.6. The Labute approximate surface area is 177 Å². The van der Waals surface area contributed by atoms with E-state index < -0.39 is 5.97 Å². The molecule has 3 rings (SSSR count). The number of urea groups is 1. The van der Waals surface area contributed by atoms with Gasteiger partial charge >= 0.3 is 18.1 Å². The molecule has 1 aromatic rings. The van der Waals surface area contributed by atoms with Crippen LogP contribution in [0.5, 0.6) is 0 Å². The molecule has 0 aromatic heterocycles. The molecule has 30 heavy (non-hydrogen) atoms. The number of ether oxygens (including phenoxy) is 1. The molecule has 1 aromatic carbocycles. The zero-order chi connectivity index (χ0) is 21.7. The maximum absolute atomic E-state index is 12.6. The third-order valence-corrected chi connectivity index (χ3v) is 5.68. The first-order chi connectivity index (χ1) is 14.3. The monoisotopic (exact) mass is 417 g/mol. The van der Waals surface area contributed by atoms with E-state index in [-0.39, 0.29) is 36.6 Å². The van der Waals surface area contributed by atoms with Crippen molar-refractivity contribution in [3.63, 3.8) is 0 Å². The average molecular weight is 418 g/mol. The highest BCUT2D eigenvalue weighted by Crippen LogP contribution is 2.29. The predicted molar refractivity (Wildman–Crippen MR) is 112 cm³/mol. The highest BCUT2D eigenvalue weighted by molar-refractivity contribution is 5.89. The van der Waals surface area contributed by atoms with Crippen molar-refractivity contribution in [2.75, 3.05) is 11.9 Å². The Bertz CT molecular complexity index is 787. The Morgan fingerprint density at radius 2 is 1.90 bits per heavy atom. The largest absolute Gasteiger partial charge is 0.481 e. The SMILES string of the molecule is CC(C)NC(=O)Nc1ccc2c(c1)CCN(C(=O)OC1CCC(CC(=O)O)CC1)C2. The number of aliphatic carboxylic acids is 1. The lowest BCUT2D eigenvalue weighted by molar-refractivity contribution is -0.138. The second-order valence-corrected chi connectivity index (χ2v) is 8.53. The van der Waals surface area contributed by atoms with Crippen LogP contribution in [0.3, 0.4) is 0 Å². The van der Waals surface area contributed by atoms with Crippen molar-refractivity contribution in [1.29, 1.82) is 0 Å².